The molecule has 0 aromatic carbocycles. The summed E-state index contributed by atoms with van der Waals surface area (Å²) in [5.41, 5.74) is 0. The van der Waals surface area contributed by atoms with Crippen LogP contribution in [0.5, 0.6) is 0 Å². The van der Waals surface area contributed by atoms with Crippen molar-refractivity contribution in [1.29, 1.82) is 5.41 Å². The SMILES string of the molecule is C/C=C\n1ncnc1C=N. The van der Waals surface area contributed by atoms with Gasteiger partial charge < -0.3 is 5.41 Å². The molecule has 0 aliphatic carbocycles. The smallest absolute Gasteiger partial charge is 0.172 e. The molecule has 52 valence electrons. The Morgan fingerprint density at radius 3 is 3.10 bits per heavy atom. The van der Waals surface area contributed by atoms with Crippen LogP contribution in [0.2, 0.25) is 0 Å². The van der Waals surface area contributed by atoms with Crippen LogP contribution in [0.3, 0.4) is 0 Å². The summed E-state index contributed by atoms with van der Waals surface area (Å²) in [5.74, 6) is 0.540. The third-order valence-electron chi connectivity index (χ3n) is 1.02. The zero-order valence-electron chi connectivity index (χ0n) is 5.65. The van der Waals surface area contributed by atoms with E-state index in [2.05, 4.69) is 10.1 Å². The number of nitrogens with zero attached hydrogens (tertiary/aromatic N) is 3. The van der Waals surface area contributed by atoms with Crippen molar-refractivity contribution < 1.29 is 0 Å². The highest BCUT2D eigenvalue weighted by Gasteiger charge is 1.93. The Morgan fingerprint density at radius 1 is 1.70 bits per heavy atom. The molecule has 0 unspecified atom stereocenters. The summed E-state index contributed by atoms with van der Waals surface area (Å²) in [6, 6.07) is 0. The van der Waals surface area contributed by atoms with E-state index in [4.69, 9.17) is 5.41 Å². The molecule has 0 aliphatic rings. The Balaban J connectivity index is 3.00. The van der Waals surface area contributed by atoms with E-state index in [0.717, 1.165) is 6.21 Å². The summed E-state index contributed by atoms with van der Waals surface area (Å²) >= 11 is 0. The number of aromatic nitrogens is 3. The standard InChI is InChI=1S/C6H8N4/c1-2-3-10-6(4-7)8-5-9-10/h2-5,7H,1H3/b3-2-,7-4?. The molecule has 0 atom stereocenters. The van der Waals surface area contributed by atoms with Crippen LogP contribution in [-0.4, -0.2) is 21.0 Å². The molecule has 0 aliphatic heterocycles. The van der Waals surface area contributed by atoms with Gasteiger partial charge in [0.2, 0.25) is 0 Å². The Morgan fingerprint density at radius 2 is 2.50 bits per heavy atom. The first-order chi connectivity index (χ1) is 4.88. The number of hydrogen-bond donors (Lipinski definition) is 1. The molecule has 4 heteroatoms. The quantitative estimate of drug-likeness (QED) is 0.610. The third kappa shape index (κ3) is 1.10. The van der Waals surface area contributed by atoms with Crippen molar-refractivity contribution in [2.45, 2.75) is 6.92 Å². The van der Waals surface area contributed by atoms with Gasteiger partial charge in [0.25, 0.3) is 0 Å². The first kappa shape index (κ1) is 6.67. The highest BCUT2D eigenvalue weighted by atomic mass is 15.3. The maximum absolute atomic E-state index is 6.90. The van der Waals surface area contributed by atoms with Crippen molar-refractivity contribution in [3.8, 4) is 0 Å². The minimum Gasteiger partial charge on any atom is -0.305 e. The van der Waals surface area contributed by atoms with Gasteiger partial charge in [0.1, 0.15) is 6.33 Å². The molecular weight excluding hydrogens is 128 g/mol. The fourth-order valence-corrected chi connectivity index (χ4v) is 0.618. The van der Waals surface area contributed by atoms with E-state index in [1.54, 1.807) is 6.20 Å². The second-order valence-electron chi connectivity index (χ2n) is 1.69. The largest absolute Gasteiger partial charge is 0.305 e. The molecule has 4 nitrogen and oxygen atoms in total. The average Bonchev–Trinajstić information content (AvgIpc) is 2.36. The maximum Gasteiger partial charge on any atom is 0.172 e. The predicted octanol–water partition coefficient (Wildman–Crippen LogP) is 0.766. The lowest BCUT2D eigenvalue weighted by atomic mass is 10.6. The first-order valence-corrected chi connectivity index (χ1v) is 2.91. The Kier molecular flexibility index (Phi) is 1.94. The monoisotopic (exact) mass is 136 g/mol. The molecule has 1 rings (SSSR count). The van der Waals surface area contributed by atoms with Gasteiger partial charge in [-0.3, -0.25) is 0 Å². The molecule has 0 amide bonds. The van der Waals surface area contributed by atoms with Crippen LogP contribution in [0, 0.1) is 5.41 Å². The van der Waals surface area contributed by atoms with Gasteiger partial charge in [0.05, 0.1) is 6.21 Å². The third-order valence-corrected chi connectivity index (χ3v) is 1.02. The number of hydrogen-bond acceptors (Lipinski definition) is 3. The Labute approximate surface area is 58.7 Å². The fraction of sp³-hybridized carbons (Fsp3) is 0.167. The topological polar surface area (TPSA) is 54.6 Å². The van der Waals surface area contributed by atoms with Gasteiger partial charge in [-0.2, -0.15) is 5.10 Å². The molecule has 1 N–H and O–H groups in total. The van der Waals surface area contributed by atoms with Crippen molar-refractivity contribution in [1.82, 2.24) is 14.8 Å². The molecule has 0 spiro atoms. The normalized spacial score (nSPS) is 10.5. The van der Waals surface area contributed by atoms with E-state index in [0.29, 0.717) is 5.82 Å². The summed E-state index contributed by atoms with van der Waals surface area (Å²) in [6.45, 7) is 1.88. The minimum atomic E-state index is 0.540. The Hall–Kier alpha value is -1.45. The summed E-state index contributed by atoms with van der Waals surface area (Å²) in [5, 5.41) is 10.7. The van der Waals surface area contributed by atoms with Crippen molar-refractivity contribution in [3.63, 3.8) is 0 Å². The molecule has 0 fully saturated rings. The summed E-state index contributed by atoms with van der Waals surface area (Å²) in [4.78, 5) is 3.81. The summed E-state index contributed by atoms with van der Waals surface area (Å²) in [6.07, 6.45) is 6.16. The van der Waals surface area contributed by atoms with Crippen LogP contribution in [0.1, 0.15) is 12.7 Å². The zero-order valence-corrected chi connectivity index (χ0v) is 5.65. The van der Waals surface area contributed by atoms with E-state index < -0.39 is 0 Å². The van der Waals surface area contributed by atoms with E-state index in [1.807, 2.05) is 13.0 Å². The lowest BCUT2D eigenvalue weighted by Crippen LogP contribution is -1.95. The van der Waals surface area contributed by atoms with Crippen molar-refractivity contribution in [2.24, 2.45) is 0 Å². The van der Waals surface area contributed by atoms with Crippen LogP contribution < -0.4 is 0 Å². The van der Waals surface area contributed by atoms with Crippen LogP contribution in [-0.2, 0) is 0 Å². The van der Waals surface area contributed by atoms with Gasteiger partial charge >= 0.3 is 0 Å². The fourth-order valence-electron chi connectivity index (χ4n) is 0.618. The number of allylic oxidation sites excluding steroid dienone is 1. The molecule has 1 heterocycles. The van der Waals surface area contributed by atoms with Gasteiger partial charge in [0.15, 0.2) is 5.82 Å². The first-order valence-electron chi connectivity index (χ1n) is 2.91. The van der Waals surface area contributed by atoms with E-state index in [-0.39, 0.29) is 0 Å². The highest BCUT2D eigenvalue weighted by molar-refractivity contribution is 5.72. The van der Waals surface area contributed by atoms with Crippen molar-refractivity contribution >= 4 is 12.4 Å². The second-order valence-corrected chi connectivity index (χ2v) is 1.69. The summed E-state index contributed by atoms with van der Waals surface area (Å²) in [7, 11) is 0. The average molecular weight is 136 g/mol. The van der Waals surface area contributed by atoms with Gasteiger partial charge in [-0.25, -0.2) is 9.67 Å². The maximum atomic E-state index is 6.90. The van der Waals surface area contributed by atoms with Crippen LogP contribution in [0.4, 0.5) is 0 Å². The van der Waals surface area contributed by atoms with Gasteiger partial charge in [-0.05, 0) is 6.92 Å². The molecular formula is C6H8N4. The predicted molar refractivity (Wildman–Crippen MR) is 38.9 cm³/mol. The lowest BCUT2D eigenvalue weighted by Gasteiger charge is -1.89. The van der Waals surface area contributed by atoms with Crippen LogP contribution in [0.15, 0.2) is 12.4 Å². The zero-order chi connectivity index (χ0) is 7.40. The highest BCUT2D eigenvalue weighted by Crippen LogP contribution is 1.89. The van der Waals surface area contributed by atoms with Gasteiger partial charge in [-0.1, -0.05) is 6.08 Å². The van der Waals surface area contributed by atoms with Crippen molar-refractivity contribution in [2.75, 3.05) is 0 Å². The van der Waals surface area contributed by atoms with Crippen LogP contribution in [0.25, 0.3) is 6.20 Å². The second kappa shape index (κ2) is 2.91. The molecule has 0 saturated heterocycles. The molecule has 0 saturated carbocycles. The van der Waals surface area contributed by atoms with Gasteiger partial charge in [-0.15, -0.1) is 0 Å². The van der Waals surface area contributed by atoms with E-state index >= 15 is 0 Å². The minimum absolute atomic E-state index is 0.540. The van der Waals surface area contributed by atoms with Gasteiger partial charge in [0, 0.05) is 6.20 Å². The van der Waals surface area contributed by atoms with Crippen molar-refractivity contribution in [3.05, 3.63) is 18.2 Å². The van der Waals surface area contributed by atoms with Crippen LogP contribution >= 0.6 is 0 Å². The molecule has 10 heavy (non-hydrogen) atoms. The van der Waals surface area contributed by atoms with E-state index in [9.17, 15) is 0 Å². The number of nitrogens with one attached hydrogen (secondary N) is 1. The van der Waals surface area contributed by atoms with E-state index in [1.165, 1.54) is 11.0 Å². The summed E-state index contributed by atoms with van der Waals surface area (Å²) < 4.78 is 1.53. The number of rotatable bonds is 2. The lowest BCUT2D eigenvalue weighted by molar-refractivity contribution is 0.923. The Bertz CT molecular complexity index is 248. The molecule has 1 aromatic heterocycles. The molecule has 1 aromatic rings. The molecule has 0 radical (unpaired) electrons. The molecule has 0 bridgehead atoms.